The molecule has 0 aromatic heterocycles. The lowest BCUT2D eigenvalue weighted by atomic mass is 9.92. The Morgan fingerprint density at radius 2 is 2.08 bits per heavy atom. The number of anilines is 1. The zero-order valence-electron chi connectivity index (χ0n) is 13.8. The van der Waals surface area contributed by atoms with Gasteiger partial charge in [0, 0.05) is 23.0 Å². The Balaban J connectivity index is 2.61. The number of nitro benzene ring substituents is 1. The van der Waals surface area contributed by atoms with Crippen molar-refractivity contribution >= 4 is 45.0 Å². The number of ketones is 1. The number of nitro groups is 1. The fourth-order valence-electron chi connectivity index (χ4n) is 2.90. The van der Waals surface area contributed by atoms with Crippen molar-refractivity contribution < 1.29 is 24.0 Å². The highest BCUT2D eigenvalue weighted by molar-refractivity contribution is 9.10. The van der Waals surface area contributed by atoms with E-state index in [2.05, 4.69) is 20.7 Å². The van der Waals surface area contributed by atoms with E-state index in [0.717, 1.165) is 4.90 Å². The molecule has 0 aliphatic carbocycles. The van der Waals surface area contributed by atoms with E-state index >= 15 is 0 Å². The zero-order valence-corrected chi connectivity index (χ0v) is 15.4. The number of aryl methyl sites for hydroxylation is 1. The van der Waals surface area contributed by atoms with E-state index in [9.17, 15) is 24.5 Å². The van der Waals surface area contributed by atoms with Crippen molar-refractivity contribution in [3.63, 3.8) is 0 Å². The molecule has 25 heavy (non-hydrogen) atoms. The van der Waals surface area contributed by atoms with E-state index in [1.165, 1.54) is 20.1 Å². The molecule has 0 N–H and O–H groups in total. The van der Waals surface area contributed by atoms with Gasteiger partial charge in [0.05, 0.1) is 18.5 Å². The minimum atomic E-state index is -0.845. The molecule has 1 heterocycles. The number of ether oxygens (including phenoxy) is 1. The molecule has 8 nitrogen and oxygen atoms in total. The third-order valence-electron chi connectivity index (χ3n) is 4.09. The van der Waals surface area contributed by atoms with Gasteiger partial charge in [-0.15, -0.1) is 0 Å². The molecule has 0 spiro atoms. The molecule has 0 saturated carbocycles. The van der Waals surface area contributed by atoms with Crippen molar-refractivity contribution in [3.8, 4) is 0 Å². The van der Waals surface area contributed by atoms with Crippen LogP contribution < -0.4 is 4.90 Å². The molecule has 1 atom stereocenters. The Hall–Kier alpha value is -2.29. The fourth-order valence-corrected chi connectivity index (χ4v) is 3.40. The smallest absolute Gasteiger partial charge is 0.307 e. The molecule has 0 saturated heterocycles. The molecule has 1 aliphatic heterocycles. The minimum Gasteiger partial charge on any atom is -0.469 e. The van der Waals surface area contributed by atoms with Gasteiger partial charge in [-0.25, -0.2) is 0 Å². The van der Waals surface area contributed by atoms with Crippen molar-refractivity contribution in [3.05, 3.63) is 32.3 Å². The van der Waals surface area contributed by atoms with Crippen LogP contribution in [-0.4, -0.2) is 35.7 Å². The summed E-state index contributed by atoms with van der Waals surface area (Å²) < 4.78 is 5.16. The van der Waals surface area contributed by atoms with E-state index in [1.54, 1.807) is 6.07 Å². The summed E-state index contributed by atoms with van der Waals surface area (Å²) in [6.07, 6.45) is 0.686. The highest BCUT2D eigenvalue weighted by Gasteiger charge is 2.39. The number of carbonyl (C=O) groups is 3. The SMILES string of the molecule is CCC(=O)C(=O)N1c2c(cc(Br)cc2[N+](=O)[O-])CCC1CC(=O)OC. The molecule has 1 amide bonds. The van der Waals surface area contributed by atoms with Crippen LogP contribution in [0.3, 0.4) is 0 Å². The van der Waals surface area contributed by atoms with Gasteiger partial charge < -0.3 is 4.74 Å². The second-order valence-corrected chi connectivity index (χ2v) is 6.53. The van der Waals surface area contributed by atoms with Crippen LogP contribution in [0.4, 0.5) is 11.4 Å². The van der Waals surface area contributed by atoms with Crippen molar-refractivity contribution in [1.29, 1.82) is 0 Å². The molecule has 0 fully saturated rings. The highest BCUT2D eigenvalue weighted by Crippen LogP contribution is 2.41. The van der Waals surface area contributed by atoms with Crippen molar-refractivity contribution in [2.45, 2.75) is 38.6 Å². The number of hydrogen-bond donors (Lipinski definition) is 0. The summed E-state index contributed by atoms with van der Waals surface area (Å²) in [5, 5.41) is 11.5. The number of nitrogens with zero attached hydrogens (tertiary/aromatic N) is 2. The van der Waals surface area contributed by atoms with Gasteiger partial charge in [-0.05, 0) is 24.5 Å². The predicted octanol–water partition coefficient (Wildman–Crippen LogP) is 2.55. The summed E-state index contributed by atoms with van der Waals surface area (Å²) in [6, 6.07) is 2.31. The maximum atomic E-state index is 12.6. The topological polar surface area (TPSA) is 107 Å². The summed E-state index contributed by atoms with van der Waals surface area (Å²) in [6.45, 7) is 1.54. The van der Waals surface area contributed by atoms with Gasteiger partial charge in [0.15, 0.2) is 0 Å². The van der Waals surface area contributed by atoms with Gasteiger partial charge in [0.1, 0.15) is 5.69 Å². The number of hydrogen-bond acceptors (Lipinski definition) is 6. The summed E-state index contributed by atoms with van der Waals surface area (Å²) in [5.41, 5.74) is 0.385. The number of fused-ring (bicyclic) bond motifs is 1. The zero-order chi connectivity index (χ0) is 18.7. The molecule has 1 aliphatic rings. The number of benzene rings is 1. The Morgan fingerprint density at radius 3 is 2.64 bits per heavy atom. The van der Waals surface area contributed by atoms with E-state index in [4.69, 9.17) is 0 Å². The summed E-state index contributed by atoms with van der Waals surface area (Å²) in [7, 11) is 1.22. The number of rotatable bonds is 5. The van der Waals surface area contributed by atoms with Crippen LogP contribution in [0, 0.1) is 10.1 Å². The lowest BCUT2D eigenvalue weighted by Crippen LogP contribution is -2.48. The standard InChI is InChI=1S/C16H17BrN2O6/c1-3-13(20)16(22)18-11(8-14(21)25-2)5-4-9-6-10(17)7-12(15(9)18)19(23)24/h6-7,11H,3-5,8H2,1-2H3. The molecule has 2 rings (SSSR count). The first-order chi connectivity index (χ1) is 11.8. The Morgan fingerprint density at radius 1 is 1.40 bits per heavy atom. The van der Waals surface area contributed by atoms with Gasteiger partial charge in [0.2, 0.25) is 5.78 Å². The predicted molar refractivity (Wildman–Crippen MR) is 92.3 cm³/mol. The Labute approximate surface area is 152 Å². The lowest BCUT2D eigenvalue weighted by molar-refractivity contribution is -0.384. The van der Waals surface area contributed by atoms with Gasteiger partial charge >= 0.3 is 5.97 Å². The number of halogens is 1. The first kappa shape index (κ1) is 19.0. The lowest BCUT2D eigenvalue weighted by Gasteiger charge is -2.36. The van der Waals surface area contributed by atoms with Crippen LogP contribution in [-0.2, 0) is 25.5 Å². The van der Waals surface area contributed by atoms with E-state index in [1.807, 2.05) is 0 Å². The first-order valence-corrected chi connectivity index (χ1v) is 8.49. The summed E-state index contributed by atoms with van der Waals surface area (Å²) >= 11 is 3.23. The number of esters is 1. The third-order valence-corrected chi connectivity index (χ3v) is 4.55. The molecule has 0 bridgehead atoms. The van der Waals surface area contributed by atoms with Crippen LogP contribution in [0.1, 0.15) is 31.7 Å². The van der Waals surface area contributed by atoms with Crippen LogP contribution in [0.5, 0.6) is 0 Å². The molecule has 1 unspecified atom stereocenters. The van der Waals surface area contributed by atoms with Crippen molar-refractivity contribution in [1.82, 2.24) is 0 Å². The number of Topliss-reactive ketones (excluding diaryl/α,β-unsaturated/α-hetero) is 1. The summed E-state index contributed by atoms with van der Waals surface area (Å²) in [4.78, 5) is 48.3. The quantitative estimate of drug-likeness (QED) is 0.318. The Bertz CT molecular complexity index is 748. The molecule has 134 valence electrons. The minimum absolute atomic E-state index is 0.0278. The molecule has 9 heteroatoms. The van der Waals surface area contributed by atoms with Crippen LogP contribution >= 0.6 is 15.9 Å². The van der Waals surface area contributed by atoms with Crippen LogP contribution in [0.25, 0.3) is 0 Å². The number of carbonyl (C=O) groups excluding carboxylic acids is 3. The number of methoxy groups -OCH3 is 1. The van der Waals surface area contributed by atoms with E-state index < -0.39 is 28.6 Å². The van der Waals surface area contributed by atoms with Gasteiger partial charge in [-0.1, -0.05) is 22.9 Å². The average molecular weight is 413 g/mol. The average Bonchev–Trinajstić information content (AvgIpc) is 2.59. The van der Waals surface area contributed by atoms with Crippen LogP contribution in [0.2, 0.25) is 0 Å². The summed E-state index contributed by atoms with van der Waals surface area (Å²) in [5.74, 6) is -2.06. The third kappa shape index (κ3) is 3.87. The monoisotopic (exact) mass is 412 g/mol. The largest absolute Gasteiger partial charge is 0.469 e. The van der Waals surface area contributed by atoms with Gasteiger partial charge in [-0.3, -0.25) is 29.4 Å². The van der Waals surface area contributed by atoms with Crippen LogP contribution in [0.15, 0.2) is 16.6 Å². The molecular formula is C16H17BrN2O6. The first-order valence-electron chi connectivity index (χ1n) is 7.70. The van der Waals surface area contributed by atoms with Gasteiger partial charge in [0.25, 0.3) is 11.6 Å². The van der Waals surface area contributed by atoms with Crippen molar-refractivity contribution in [2.75, 3.05) is 12.0 Å². The highest BCUT2D eigenvalue weighted by atomic mass is 79.9. The molecule has 0 radical (unpaired) electrons. The second kappa shape index (κ2) is 7.73. The van der Waals surface area contributed by atoms with Crippen molar-refractivity contribution in [2.24, 2.45) is 0 Å². The van der Waals surface area contributed by atoms with E-state index in [-0.39, 0.29) is 24.2 Å². The number of amides is 1. The molecule has 1 aromatic carbocycles. The molecular weight excluding hydrogens is 396 g/mol. The second-order valence-electron chi connectivity index (χ2n) is 5.61. The van der Waals surface area contributed by atoms with Gasteiger partial charge in [-0.2, -0.15) is 0 Å². The molecule has 1 aromatic rings. The fraction of sp³-hybridized carbons (Fsp3) is 0.438. The normalized spacial score (nSPS) is 16.1. The maximum absolute atomic E-state index is 12.6. The van der Waals surface area contributed by atoms with E-state index in [0.29, 0.717) is 22.9 Å². The Kier molecular flexibility index (Phi) is 5.89. The maximum Gasteiger partial charge on any atom is 0.307 e.